The Morgan fingerprint density at radius 3 is 2.43 bits per heavy atom. The fraction of sp³-hybridized carbons (Fsp3) is 0.481. The predicted octanol–water partition coefficient (Wildman–Crippen LogP) is 4.05. The Bertz CT molecular complexity index is 1140. The maximum Gasteiger partial charge on any atom is 0.343 e. The Morgan fingerprint density at radius 1 is 1.03 bits per heavy atom. The van der Waals surface area contributed by atoms with Crippen molar-refractivity contribution >= 4 is 11.9 Å². The van der Waals surface area contributed by atoms with Gasteiger partial charge in [0.15, 0.2) is 29.6 Å². The van der Waals surface area contributed by atoms with Crippen LogP contribution >= 0.6 is 0 Å². The van der Waals surface area contributed by atoms with Crippen LogP contribution in [0.2, 0.25) is 0 Å². The monoisotopic (exact) mass is 481 g/mol. The predicted molar refractivity (Wildman–Crippen MR) is 128 cm³/mol. The van der Waals surface area contributed by atoms with E-state index in [1.807, 2.05) is 4.90 Å². The number of esters is 1. The molecule has 8 nitrogen and oxygen atoms in total. The van der Waals surface area contributed by atoms with Gasteiger partial charge in [-0.05, 0) is 61.2 Å². The summed E-state index contributed by atoms with van der Waals surface area (Å²) in [4.78, 5) is 27.4. The molecular weight excluding hydrogens is 450 g/mol. The molecule has 0 radical (unpaired) electrons. The van der Waals surface area contributed by atoms with Crippen molar-refractivity contribution in [2.75, 3.05) is 40.6 Å². The van der Waals surface area contributed by atoms with Gasteiger partial charge in [-0.3, -0.25) is 4.79 Å². The standard InChI is InChI=1S/C27H31NO7/c1-17-19-13-23-24(34-11-10-33-23)14-20(19)27(8-4-5-9-27)16-28(17)26(30)18-6-7-21(31-2)22(12-18)35-15-25(29)32-3/h6-7,12-14,17H,4-5,8-11,15-16H2,1-3H3. The summed E-state index contributed by atoms with van der Waals surface area (Å²) in [6.45, 7) is 3.51. The average Bonchev–Trinajstić information content (AvgIpc) is 3.37. The third kappa shape index (κ3) is 4.15. The van der Waals surface area contributed by atoms with Gasteiger partial charge in [-0.25, -0.2) is 4.79 Å². The first-order chi connectivity index (χ1) is 17.0. The van der Waals surface area contributed by atoms with Gasteiger partial charge in [-0.2, -0.15) is 0 Å². The highest BCUT2D eigenvalue weighted by Crippen LogP contribution is 2.52. The summed E-state index contributed by atoms with van der Waals surface area (Å²) >= 11 is 0. The van der Waals surface area contributed by atoms with Crippen LogP contribution in [0.25, 0.3) is 0 Å². The molecule has 186 valence electrons. The van der Waals surface area contributed by atoms with Crippen molar-refractivity contribution in [3.8, 4) is 23.0 Å². The quantitative estimate of drug-likeness (QED) is 0.596. The molecule has 35 heavy (non-hydrogen) atoms. The number of carbonyl (C=O) groups excluding carboxylic acids is 2. The number of nitrogens with zero attached hydrogens (tertiary/aromatic N) is 1. The highest BCUT2D eigenvalue weighted by atomic mass is 16.6. The van der Waals surface area contributed by atoms with Crippen LogP contribution in [-0.4, -0.2) is 57.4 Å². The summed E-state index contributed by atoms with van der Waals surface area (Å²) in [7, 11) is 2.81. The van der Waals surface area contributed by atoms with Gasteiger partial charge in [0, 0.05) is 17.5 Å². The van der Waals surface area contributed by atoms with Crippen molar-refractivity contribution in [3.63, 3.8) is 0 Å². The first-order valence-electron chi connectivity index (χ1n) is 12.1. The molecule has 2 aromatic rings. The summed E-state index contributed by atoms with van der Waals surface area (Å²) in [5.74, 6) is 1.71. The maximum absolute atomic E-state index is 13.9. The first kappa shape index (κ1) is 23.3. The minimum atomic E-state index is -0.511. The second-order valence-electron chi connectivity index (χ2n) is 9.41. The summed E-state index contributed by atoms with van der Waals surface area (Å²) in [5, 5.41) is 0. The van der Waals surface area contributed by atoms with Crippen molar-refractivity contribution in [2.24, 2.45) is 0 Å². The zero-order valence-electron chi connectivity index (χ0n) is 20.4. The van der Waals surface area contributed by atoms with E-state index in [-0.39, 0.29) is 24.0 Å². The first-order valence-corrected chi connectivity index (χ1v) is 12.1. The second-order valence-corrected chi connectivity index (χ2v) is 9.41. The zero-order chi connectivity index (χ0) is 24.6. The summed E-state index contributed by atoms with van der Waals surface area (Å²) in [6.07, 6.45) is 4.34. The van der Waals surface area contributed by atoms with Crippen LogP contribution in [-0.2, 0) is 14.9 Å². The highest BCUT2D eigenvalue weighted by molar-refractivity contribution is 5.95. The lowest BCUT2D eigenvalue weighted by Crippen LogP contribution is -2.48. The number of ether oxygens (including phenoxy) is 5. The number of carbonyl (C=O) groups is 2. The SMILES string of the molecule is COC(=O)COc1cc(C(=O)N2CC3(CCCC3)c3cc4c(cc3C2C)OCCO4)ccc1OC. The van der Waals surface area contributed by atoms with E-state index in [1.54, 1.807) is 18.2 Å². The Labute approximate surface area is 205 Å². The Balaban J connectivity index is 1.50. The van der Waals surface area contributed by atoms with Crippen molar-refractivity contribution in [2.45, 2.75) is 44.1 Å². The van der Waals surface area contributed by atoms with Crippen molar-refractivity contribution < 1.29 is 33.3 Å². The molecule has 3 aliphatic rings. The molecule has 2 aromatic carbocycles. The van der Waals surface area contributed by atoms with Gasteiger partial charge in [0.2, 0.25) is 0 Å². The van der Waals surface area contributed by atoms with Crippen LogP contribution in [0.1, 0.15) is 60.1 Å². The molecule has 0 N–H and O–H groups in total. The van der Waals surface area contributed by atoms with Gasteiger partial charge < -0.3 is 28.6 Å². The van der Waals surface area contributed by atoms with E-state index >= 15 is 0 Å². The zero-order valence-corrected chi connectivity index (χ0v) is 20.4. The molecule has 2 heterocycles. The normalized spacial score (nSPS) is 19.7. The molecule has 1 aliphatic carbocycles. The summed E-state index contributed by atoms with van der Waals surface area (Å²) in [6, 6.07) is 9.14. The van der Waals surface area contributed by atoms with Gasteiger partial charge in [0.25, 0.3) is 5.91 Å². The molecule has 1 atom stereocenters. The molecular formula is C27H31NO7. The van der Waals surface area contributed by atoms with Gasteiger partial charge in [0.05, 0.1) is 20.3 Å². The van der Waals surface area contributed by atoms with Crippen LogP contribution in [0.3, 0.4) is 0 Å². The molecule has 1 spiro atoms. The van der Waals surface area contributed by atoms with Crippen LogP contribution in [0.5, 0.6) is 23.0 Å². The fourth-order valence-electron chi connectivity index (χ4n) is 5.64. The lowest BCUT2D eigenvalue weighted by molar-refractivity contribution is -0.142. The number of methoxy groups -OCH3 is 2. The van der Waals surface area contributed by atoms with Crippen LogP contribution < -0.4 is 18.9 Å². The third-order valence-electron chi connectivity index (χ3n) is 7.48. The minimum absolute atomic E-state index is 0.0881. The molecule has 1 fully saturated rings. The van der Waals surface area contributed by atoms with Gasteiger partial charge in [0.1, 0.15) is 13.2 Å². The van der Waals surface area contributed by atoms with Crippen molar-refractivity contribution in [1.29, 1.82) is 0 Å². The molecule has 1 amide bonds. The molecule has 2 aliphatic heterocycles. The van der Waals surface area contributed by atoms with E-state index in [4.69, 9.17) is 18.9 Å². The lowest BCUT2D eigenvalue weighted by Gasteiger charge is -2.46. The molecule has 0 aromatic heterocycles. The van der Waals surface area contributed by atoms with E-state index in [1.165, 1.54) is 19.8 Å². The molecule has 5 rings (SSSR count). The van der Waals surface area contributed by atoms with Crippen molar-refractivity contribution in [3.05, 3.63) is 47.0 Å². The smallest absolute Gasteiger partial charge is 0.343 e. The van der Waals surface area contributed by atoms with Crippen molar-refractivity contribution in [1.82, 2.24) is 4.90 Å². The average molecular weight is 482 g/mol. The fourth-order valence-corrected chi connectivity index (χ4v) is 5.64. The van der Waals surface area contributed by atoms with E-state index in [0.717, 1.165) is 42.7 Å². The van der Waals surface area contributed by atoms with Gasteiger partial charge in [-0.15, -0.1) is 0 Å². The number of fused-ring (bicyclic) bond motifs is 3. The molecule has 8 heteroatoms. The Morgan fingerprint density at radius 2 is 1.74 bits per heavy atom. The van der Waals surface area contributed by atoms with Gasteiger partial charge in [-0.1, -0.05) is 12.8 Å². The van der Waals surface area contributed by atoms with Crippen LogP contribution in [0.15, 0.2) is 30.3 Å². The molecule has 0 bridgehead atoms. The minimum Gasteiger partial charge on any atom is -0.493 e. The lowest BCUT2D eigenvalue weighted by atomic mass is 9.71. The van der Waals surface area contributed by atoms with E-state index in [2.05, 4.69) is 23.8 Å². The number of benzene rings is 2. The molecule has 0 saturated heterocycles. The van der Waals surface area contributed by atoms with Crippen LogP contribution in [0, 0.1) is 0 Å². The van der Waals surface area contributed by atoms with E-state index in [9.17, 15) is 9.59 Å². The highest BCUT2D eigenvalue weighted by Gasteiger charge is 2.46. The number of amides is 1. The number of hydrogen-bond donors (Lipinski definition) is 0. The Kier molecular flexibility index (Phi) is 6.21. The number of rotatable bonds is 5. The van der Waals surface area contributed by atoms with Crippen LogP contribution in [0.4, 0.5) is 0 Å². The van der Waals surface area contributed by atoms with E-state index in [0.29, 0.717) is 36.8 Å². The largest absolute Gasteiger partial charge is 0.493 e. The van der Waals surface area contributed by atoms with Gasteiger partial charge >= 0.3 is 5.97 Å². The summed E-state index contributed by atoms with van der Waals surface area (Å²) in [5.41, 5.74) is 2.79. The molecule has 1 saturated carbocycles. The maximum atomic E-state index is 13.9. The topological polar surface area (TPSA) is 83.5 Å². The Hall–Kier alpha value is -3.42. The van der Waals surface area contributed by atoms with E-state index < -0.39 is 5.97 Å². The second kappa shape index (κ2) is 9.32. The molecule has 1 unspecified atom stereocenters. The summed E-state index contributed by atoms with van der Waals surface area (Å²) < 4.78 is 27.4. The number of hydrogen-bond acceptors (Lipinski definition) is 7. The third-order valence-corrected chi connectivity index (χ3v) is 7.48.